The van der Waals surface area contributed by atoms with E-state index in [0.29, 0.717) is 31.5 Å². The molecule has 0 aliphatic heterocycles. The lowest BCUT2D eigenvalue weighted by Gasteiger charge is -2.51. The van der Waals surface area contributed by atoms with Crippen molar-refractivity contribution in [2.75, 3.05) is 0 Å². The van der Waals surface area contributed by atoms with Gasteiger partial charge >= 0.3 is 5.97 Å². The average molecular weight is 367 g/mol. The van der Waals surface area contributed by atoms with Crippen LogP contribution in [0.1, 0.15) is 54.6 Å². The molecule has 1 aromatic carbocycles. The summed E-state index contributed by atoms with van der Waals surface area (Å²) in [5, 5.41) is 17.1. The van der Waals surface area contributed by atoms with E-state index in [1.54, 1.807) is 16.9 Å². The van der Waals surface area contributed by atoms with Gasteiger partial charge in [-0.1, -0.05) is 30.3 Å². The zero-order valence-corrected chi connectivity index (χ0v) is 15.4. The highest BCUT2D eigenvalue weighted by Gasteiger charge is 2.53. The zero-order valence-electron chi connectivity index (χ0n) is 15.4. The van der Waals surface area contributed by atoms with Crippen LogP contribution in [0.4, 0.5) is 0 Å². The molecule has 0 spiro atoms. The van der Waals surface area contributed by atoms with Crippen molar-refractivity contribution in [2.24, 2.45) is 5.41 Å². The Morgan fingerprint density at radius 2 is 1.70 bits per heavy atom. The SMILES string of the molecule is O=C(NC12CCC(C(=O)O)(CC1)CC2)c1ccnn1CCc1ccccc1. The fourth-order valence-corrected chi connectivity index (χ4v) is 4.58. The maximum Gasteiger partial charge on any atom is 0.309 e. The summed E-state index contributed by atoms with van der Waals surface area (Å²) in [6, 6.07) is 11.9. The van der Waals surface area contributed by atoms with Gasteiger partial charge in [0.15, 0.2) is 0 Å². The van der Waals surface area contributed by atoms with Gasteiger partial charge in [0, 0.05) is 18.3 Å². The lowest BCUT2D eigenvalue weighted by Crippen LogP contribution is -2.58. The molecule has 27 heavy (non-hydrogen) atoms. The molecule has 0 radical (unpaired) electrons. The maximum atomic E-state index is 12.9. The van der Waals surface area contributed by atoms with Crippen molar-refractivity contribution in [1.82, 2.24) is 15.1 Å². The van der Waals surface area contributed by atoms with Crippen molar-refractivity contribution in [3.63, 3.8) is 0 Å². The van der Waals surface area contributed by atoms with Crippen LogP contribution in [-0.2, 0) is 17.8 Å². The van der Waals surface area contributed by atoms with Crippen molar-refractivity contribution in [3.05, 3.63) is 53.9 Å². The van der Waals surface area contributed by atoms with Crippen molar-refractivity contribution in [1.29, 1.82) is 0 Å². The van der Waals surface area contributed by atoms with E-state index >= 15 is 0 Å². The fraction of sp³-hybridized carbons (Fsp3) is 0.476. The number of aryl methyl sites for hydroxylation is 2. The summed E-state index contributed by atoms with van der Waals surface area (Å²) in [6.07, 6.45) is 6.64. The van der Waals surface area contributed by atoms with Gasteiger partial charge < -0.3 is 10.4 Å². The monoisotopic (exact) mass is 367 g/mol. The van der Waals surface area contributed by atoms with Gasteiger partial charge in [0.1, 0.15) is 5.69 Å². The first kappa shape index (κ1) is 17.8. The number of aliphatic carboxylic acids is 1. The van der Waals surface area contributed by atoms with Crippen molar-refractivity contribution >= 4 is 11.9 Å². The Balaban J connectivity index is 1.41. The van der Waals surface area contributed by atoms with Crippen molar-refractivity contribution < 1.29 is 14.7 Å². The van der Waals surface area contributed by atoms with E-state index in [9.17, 15) is 14.7 Å². The van der Waals surface area contributed by atoms with Gasteiger partial charge in [-0.3, -0.25) is 14.3 Å². The quantitative estimate of drug-likeness (QED) is 0.822. The molecular weight excluding hydrogens is 342 g/mol. The molecule has 3 saturated carbocycles. The molecular formula is C21H25N3O3. The second kappa shape index (κ2) is 6.83. The summed E-state index contributed by atoms with van der Waals surface area (Å²) in [4.78, 5) is 24.5. The number of aromatic nitrogens is 2. The molecule has 1 aromatic heterocycles. The Bertz CT molecular complexity index is 819. The molecule has 5 rings (SSSR count). The summed E-state index contributed by atoms with van der Waals surface area (Å²) >= 11 is 0. The molecule has 2 aromatic rings. The average Bonchev–Trinajstić information content (AvgIpc) is 3.17. The predicted octanol–water partition coefficient (Wildman–Crippen LogP) is 3.03. The van der Waals surface area contributed by atoms with Crippen LogP contribution >= 0.6 is 0 Å². The van der Waals surface area contributed by atoms with E-state index < -0.39 is 11.4 Å². The first-order valence-electron chi connectivity index (χ1n) is 9.64. The summed E-state index contributed by atoms with van der Waals surface area (Å²) in [5.41, 5.74) is 0.954. The standard InChI is InChI=1S/C21H25N3O3/c25-18(23-21-11-8-20(9-12-21,10-13-21)19(26)27)17-6-14-22-24(17)15-7-16-4-2-1-3-5-16/h1-6,14H,7-13,15H2,(H,23,25)(H,26,27). The van der Waals surface area contributed by atoms with E-state index in [1.165, 1.54) is 5.56 Å². The minimum absolute atomic E-state index is 0.106. The predicted molar refractivity (Wildman–Crippen MR) is 100 cm³/mol. The number of carbonyl (C=O) groups excluding carboxylic acids is 1. The summed E-state index contributed by atoms with van der Waals surface area (Å²) in [5.74, 6) is -0.786. The molecule has 6 heteroatoms. The van der Waals surface area contributed by atoms with Crippen LogP contribution in [0.25, 0.3) is 0 Å². The number of carbonyl (C=O) groups is 2. The second-order valence-corrected chi connectivity index (χ2v) is 8.00. The lowest BCUT2D eigenvalue weighted by molar-refractivity contribution is -0.156. The number of carboxylic acid groups (broad SMARTS) is 1. The van der Waals surface area contributed by atoms with Crippen molar-refractivity contribution in [2.45, 2.75) is 57.0 Å². The Morgan fingerprint density at radius 1 is 1.04 bits per heavy atom. The van der Waals surface area contributed by atoms with Gasteiger partial charge in [0.25, 0.3) is 5.91 Å². The van der Waals surface area contributed by atoms with Crippen LogP contribution in [0.2, 0.25) is 0 Å². The Morgan fingerprint density at radius 3 is 2.33 bits per heavy atom. The largest absolute Gasteiger partial charge is 0.481 e. The molecule has 2 N–H and O–H groups in total. The van der Waals surface area contributed by atoms with Crippen LogP contribution in [-0.4, -0.2) is 32.3 Å². The first-order valence-corrected chi connectivity index (χ1v) is 9.64. The normalized spacial score (nSPS) is 26.7. The second-order valence-electron chi connectivity index (χ2n) is 8.00. The Kier molecular flexibility index (Phi) is 4.50. The van der Waals surface area contributed by atoms with Gasteiger partial charge in [-0.15, -0.1) is 0 Å². The van der Waals surface area contributed by atoms with Gasteiger partial charge in [-0.2, -0.15) is 5.10 Å². The molecule has 1 amide bonds. The molecule has 1 heterocycles. The summed E-state index contributed by atoms with van der Waals surface area (Å²) in [7, 11) is 0. The molecule has 3 fully saturated rings. The third-order valence-corrected chi connectivity index (χ3v) is 6.48. The summed E-state index contributed by atoms with van der Waals surface area (Å²) in [6.45, 7) is 0.648. The number of amides is 1. The zero-order chi connectivity index (χ0) is 18.9. The number of hydrogen-bond donors (Lipinski definition) is 2. The van der Waals surface area contributed by atoms with Gasteiger partial charge in [-0.25, -0.2) is 0 Å². The molecule has 0 unspecified atom stereocenters. The van der Waals surface area contributed by atoms with Gasteiger partial charge in [0.2, 0.25) is 0 Å². The van der Waals surface area contributed by atoms with Crippen LogP contribution in [0.3, 0.4) is 0 Å². The molecule has 142 valence electrons. The van der Waals surface area contributed by atoms with Crippen LogP contribution in [0, 0.1) is 5.41 Å². The number of fused-ring (bicyclic) bond motifs is 3. The minimum Gasteiger partial charge on any atom is -0.481 e. The van der Waals surface area contributed by atoms with E-state index in [4.69, 9.17) is 0 Å². The minimum atomic E-state index is -0.680. The summed E-state index contributed by atoms with van der Waals surface area (Å²) < 4.78 is 1.76. The third kappa shape index (κ3) is 3.36. The number of benzene rings is 1. The van der Waals surface area contributed by atoms with Gasteiger partial charge in [0.05, 0.1) is 5.41 Å². The smallest absolute Gasteiger partial charge is 0.309 e. The van der Waals surface area contributed by atoms with Crippen LogP contribution in [0.5, 0.6) is 0 Å². The number of nitrogens with zero attached hydrogens (tertiary/aromatic N) is 2. The van der Waals surface area contributed by atoms with Crippen LogP contribution < -0.4 is 5.32 Å². The highest BCUT2D eigenvalue weighted by Crippen LogP contribution is 2.52. The van der Waals surface area contributed by atoms with Gasteiger partial charge in [-0.05, 0) is 56.6 Å². The number of rotatable bonds is 6. The highest BCUT2D eigenvalue weighted by atomic mass is 16.4. The number of nitrogens with one attached hydrogen (secondary N) is 1. The van der Waals surface area contributed by atoms with E-state index in [2.05, 4.69) is 22.5 Å². The lowest BCUT2D eigenvalue weighted by atomic mass is 9.57. The molecule has 6 nitrogen and oxygen atoms in total. The highest BCUT2D eigenvalue weighted by molar-refractivity contribution is 5.93. The molecule has 3 aliphatic carbocycles. The molecule has 3 aliphatic rings. The number of carboxylic acids is 1. The fourth-order valence-electron chi connectivity index (χ4n) is 4.58. The Hall–Kier alpha value is -2.63. The molecule has 2 bridgehead atoms. The van der Waals surface area contributed by atoms with E-state index in [-0.39, 0.29) is 11.4 Å². The third-order valence-electron chi connectivity index (χ3n) is 6.48. The number of hydrogen-bond acceptors (Lipinski definition) is 3. The molecule has 0 saturated heterocycles. The van der Waals surface area contributed by atoms with Crippen molar-refractivity contribution in [3.8, 4) is 0 Å². The Labute approximate surface area is 158 Å². The molecule has 0 atom stereocenters. The van der Waals surface area contributed by atoms with Crippen LogP contribution in [0.15, 0.2) is 42.6 Å². The van der Waals surface area contributed by atoms with E-state index in [1.807, 2.05) is 18.2 Å². The maximum absolute atomic E-state index is 12.9. The first-order chi connectivity index (χ1) is 13.0. The van der Waals surface area contributed by atoms with E-state index in [0.717, 1.165) is 25.7 Å². The topological polar surface area (TPSA) is 84.2 Å².